The van der Waals surface area contributed by atoms with Crippen LogP contribution in [-0.2, 0) is 11.3 Å². The van der Waals surface area contributed by atoms with Crippen LogP contribution in [0.3, 0.4) is 0 Å². The van der Waals surface area contributed by atoms with Crippen molar-refractivity contribution in [1.29, 1.82) is 0 Å². The van der Waals surface area contributed by atoms with E-state index in [0.29, 0.717) is 39.7 Å². The highest BCUT2D eigenvalue weighted by atomic mass is 19.4. The summed E-state index contributed by atoms with van der Waals surface area (Å²) in [6.45, 7) is 3.46. The molecule has 244 valence electrons. The van der Waals surface area contributed by atoms with Gasteiger partial charge < -0.3 is 35.3 Å². The minimum Gasteiger partial charge on any atom is -0.495 e. The fourth-order valence-electron chi connectivity index (χ4n) is 5.61. The topological polar surface area (TPSA) is 88.6 Å². The van der Waals surface area contributed by atoms with Gasteiger partial charge in [-0.1, -0.05) is 31.2 Å². The van der Waals surface area contributed by atoms with Crippen molar-refractivity contribution in [2.75, 3.05) is 64.7 Å². The van der Waals surface area contributed by atoms with Crippen molar-refractivity contribution >= 4 is 28.6 Å². The number of aldehydes is 1. The molecule has 0 atom stereocenters. The Hall–Kier alpha value is -3.72. The molecule has 0 unspecified atom stereocenters. The highest BCUT2D eigenvalue weighted by molar-refractivity contribution is 5.94. The lowest BCUT2D eigenvalue weighted by molar-refractivity contribution is -0.140. The van der Waals surface area contributed by atoms with E-state index in [1.54, 1.807) is 36.4 Å². The summed E-state index contributed by atoms with van der Waals surface area (Å²) in [6.07, 6.45) is 2.03. The van der Waals surface area contributed by atoms with Crippen LogP contribution in [0.4, 0.5) is 24.5 Å². The number of fused-ring (bicyclic) bond motifs is 1. The van der Waals surface area contributed by atoms with Gasteiger partial charge in [0.2, 0.25) is 0 Å². The molecule has 3 heterocycles. The quantitative estimate of drug-likeness (QED) is 0.198. The Balaban J connectivity index is 0.000000390. The molecule has 3 aliphatic rings. The number of alkyl halides is 3. The minimum absolute atomic E-state index is 0.192. The number of anilines is 2. The molecule has 0 bridgehead atoms. The van der Waals surface area contributed by atoms with E-state index in [4.69, 9.17) is 9.47 Å². The van der Waals surface area contributed by atoms with Gasteiger partial charge in [0.15, 0.2) is 0 Å². The number of methoxy groups -OCH3 is 1. The van der Waals surface area contributed by atoms with Crippen LogP contribution in [0.15, 0.2) is 42.5 Å². The van der Waals surface area contributed by atoms with Gasteiger partial charge >= 0.3 is 6.18 Å². The number of halogens is 3. The second-order valence-corrected chi connectivity index (χ2v) is 11.8. The van der Waals surface area contributed by atoms with Gasteiger partial charge in [0.25, 0.3) is 0 Å². The summed E-state index contributed by atoms with van der Waals surface area (Å²) in [4.78, 5) is 11.0. The summed E-state index contributed by atoms with van der Waals surface area (Å²) in [5.74, 6) is 6.32. The third kappa shape index (κ3) is 9.39. The van der Waals surface area contributed by atoms with E-state index in [-0.39, 0.29) is 6.54 Å². The lowest BCUT2D eigenvalue weighted by Gasteiger charge is -2.48. The molecule has 45 heavy (non-hydrogen) atoms. The van der Waals surface area contributed by atoms with Gasteiger partial charge in [0.05, 0.1) is 43.8 Å². The van der Waals surface area contributed by atoms with Crippen LogP contribution in [0, 0.1) is 17.3 Å². The fraction of sp³-hybridized carbons (Fsp3) is 0.500. The normalized spacial score (nSPS) is 16.8. The summed E-state index contributed by atoms with van der Waals surface area (Å²) in [5.41, 5.74) is 3.39. The van der Waals surface area contributed by atoms with Crippen LogP contribution in [0.1, 0.15) is 48.2 Å². The average Bonchev–Trinajstić information content (AvgIpc) is 3.31. The molecule has 0 radical (unpaired) electrons. The van der Waals surface area contributed by atoms with Crippen molar-refractivity contribution < 1.29 is 27.4 Å². The van der Waals surface area contributed by atoms with Gasteiger partial charge in [-0.2, -0.15) is 13.2 Å². The number of aromatic nitrogens is 1. The predicted molar refractivity (Wildman–Crippen MR) is 173 cm³/mol. The van der Waals surface area contributed by atoms with Gasteiger partial charge in [0.1, 0.15) is 18.6 Å². The number of rotatable bonds is 7. The molecule has 8 nitrogen and oxygen atoms in total. The molecule has 0 amide bonds. The molecule has 2 saturated heterocycles. The zero-order chi connectivity index (χ0) is 32.3. The number of carbonyl (C=O) groups is 1. The van der Waals surface area contributed by atoms with Gasteiger partial charge in [-0.3, -0.25) is 4.79 Å². The first-order chi connectivity index (χ1) is 21.7. The SMILES string of the molecule is C1NCC12COC2.CNC.COc1cc(C=O)ccc1NCC#Cc1cc2c(NC3CCCCC3)cccc2n1CC(F)(F)F. The third-order valence-electron chi connectivity index (χ3n) is 8.01. The van der Waals surface area contributed by atoms with Crippen molar-refractivity contribution in [3.63, 3.8) is 0 Å². The van der Waals surface area contributed by atoms with Crippen LogP contribution in [0.5, 0.6) is 5.75 Å². The third-order valence-corrected chi connectivity index (χ3v) is 8.01. The zero-order valence-corrected chi connectivity index (χ0v) is 26.3. The van der Waals surface area contributed by atoms with Crippen LogP contribution in [-0.4, -0.2) is 77.1 Å². The van der Waals surface area contributed by atoms with E-state index >= 15 is 0 Å². The lowest BCUT2D eigenvalue weighted by atomic mass is 9.80. The molecule has 11 heteroatoms. The molecule has 3 fully saturated rings. The summed E-state index contributed by atoms with van der Waals surface area (Å²) in [7, 11) is 5.25. The number of carbonyl (C=O) groups excluding carboxylic acids is 1. The molecular formula is C34H44F3N5O3. The van der Waals surface area contributed by atoms with E-state index in [1.165, 1.54) is 31.2 Å². The molecule has 2 aliphatic heterocycles. The number of nitrogens with one attached hydrogen (secondary N) is 4. The lowest BCUT2D eigenvalue weighted by Crippen LogP contribution is -2.64. The van der Waals surface area contributed by atoms with Crippen LogP contribution >= 0.6 is 0 Å². The molecule has 4 N–H and O–H groups in total. The smallest absolute Gasteiger partial charge is 0.406 e. The molecular weight excluding hydrogens is 583 g/mol. The van der Waals surface area contributed by atoms with E-state index in [9.17, 15) is 18.0 Å². The van der Waals surface area contributed by atoms with Crippen molar-refractivity contribution in [3.05, 3.63) is 53.7 Å². The zero-order valence-electron chi connectivity index (χ0n) is 26.3. The molecule has 1 spiro atoms. The maximum absolute atomic E-state index is 13.4. The Morgan fingerprint density at radius 3 is 2.38 bits per heavy atom. The van der Waals surface area contributed by atoms with Crippen molar-refractivity contribution in [3.8, 4) is 17.6 Å². The predicted octanol–water partition coefficient (Wildman–Crippen LogP) is 5.67. The Morgan fingerprint density at radius 2 is 1.82 bits per heavy atom. The second-order valence-electron chi connectivity index (χ2n) is 11.8. The Kier molecular flexibility index (Phi) is 12.2. The van der Waals surface area contributed by atoms with Crippen LogP contribution in [0.25, 0.3) is 10.9 Å². The summed E-state index contributed by atoms with van der Waals surface area (Å²) in [5, 5.41) is 13.4. The summed E-state index contributed by atoms with van der Waals surface area (Å²) >= 11 is 0. The maximum Gasteiger partial charge on any atom is 0.406 e. The molecule has 1 aliphatic carbocycles. The highest BCUT2D eigenvalue weighted by Gasteiger charge is 2.43. The monoisotopic (exact) mass is 627 g/mol. The van der Waals surface area contributed by atoms with Gasteiger partial charge in [0, 0.05) is 41.2 Å². The van der Waals surface area contributed by atoms with E-state index in [0.717, 1.165) is 56.3 Å². The Morgan fingerprint density at radius 1 is 1.09 bits per heavy atom. The number of hydrogen-bond donors (Lipinski definition) is 4. The fourth-order valence-corrected chi connectivity index (χ4v) is 5.61. The van der Waals surface area contributed by atoms with Crippen LogP contribution in [0.2, 0.25) is 0 Å². The van der Waals surface area contributed by atoms with E-state index in [1.807, 2.05) is 20.2 Å². The maximum atomic E-state index is 13.4. The minimum atomic E-state index is -4.37. The molecule has 2 aromatic carbocycles. The van der Waals surface area contributed by atoms with Crippen LogP contribution < -0.4 is 26.0 Å². The Labute approximate surface area is 263 Å². The standard InChI is InChI=1S/C27H28F3N3O2.C5H9NO.C2H7N/c1-35-26-15-19(17-34)12-13-24(26)31-14-6-9-21-16-22-23(32-20-7-3-2-4-8-20)10-5-11-25(22)33(21)18-27(28,29)30;1-5(2-6-1)3-7-4-5;1-3-2/h5,10-13,15-17,20,31-32H,2-4,7-8,14,18H2,1H3;6H,1-4H2;3H,1-2H3. The van der Waals surface area contributed by atoms with Crippen molar-refractivity contribution in [2.24, 2.45) is 5.41 Å². The van der Waals surface area contributed by atoms with E-state index < -0.39 is 12.7 Å². The first-order valence-corrected chi connectivity index (χ1v) is 15.4. The largest absolute Gasteiger partial charge is 0.495 e. The number of ether oxygens (including phenoxy) is 2. The van der Waals surface area contributed by atoms with Gasteiger partial charge in [-0.25, -0.2) is 0 Å². The average molecular weight is 628 g/mol. The first-order valence-electron chi connectivity index (χ1n) is 15.4. The summed E-state index contributed by atoms with van der Waals surface area (Å²) in [6, 6.07) is 12.4. The van der Waals surface area contributed by atoms with Crippen molar-refractivity contribution in [1.82, 2.24) is 15.2 Å². The van der Waals surface area contributed by atoms with Gasteiger partial charge in [-0.15, -0.1) is 0 Å². The second kappa shape index (κ2) is 16.0. The van der Waals surface area contributed by atoms with E-state index in [2.05, 4.69) is 33.1 Å². The molecule has 1 saturated carbocycles. The number of nitrogens with zero attached hydrogens (tertiary/aromatic N) is 1. The molecule has 6 rings (SSSR count). The highest BCUT2D eigenvalue weighted by Crippen LogP contribution is 2.32. The van der Waals surface area contributed by atoms with Crippen molar-refractivity contribution in [2.45, 2.75) is 50.9 Å². The molecule has 3 aromatic rings. The number of benzene rings is 2. The van der Waals surface area contributed by atoms with Gasteiger partial charge in [-0.05, 0) is 69.3 Å². The first kappa shape index (κ1) is 34.2. The number of hydrogen-bond acceptors (Lipinski definition) is 7. The molecule has 1 aromatic heterocycles. The summed E-state index contributed by atoms with van der Waals surface area (Å²) < 4.78 is 51.8. The Bertz CT molecular complexity index is 1450.